The normalized spacial score (nSPS) is 9.95. The first-order valence-corrected chi connectivity index (χ1v) is 5.91. The van der Waals surface area contributed by atoms with Crippen LogP contribution in [0.4, 0.5) is 0 Å². The third-order valence-electron chi connectivity index (χ3n) is 2.46. The fourth-order valence-electron chi connectivity index (χ4n) is 1.71. The van der Waals surface area contributed by atoms with Gasteiger partial charge in [0.1, 0.15) is 0 Å². The van der Waals surface area contributed by atoms with Crippen LogP contribution < -0.4 is 14.2 Å². The van der Waals surface area contributed by atoms with Gasteiger partial charge in [-0.25, -0.2) is 0 Å². The Bertz CT molecular complexity index is 513. The van der Waals surface area contributed by atoms with Crippen LogP contribution in [0.15, 0.2) is 6.07 Å². The van der Waals surface area contributed by atoms with E-state index < -0.39 is 10.5 Å². The molecule has 1 aromatic rings. The van der Waals surface area contributed by atoms with Crippen LogP contribution in [-0.4, -0.2) is 31.8 Å². The zero-order valence-corrected chi connectivity index (χ0v) is 12.1. The van der Waals surface area contributed by atoms with Gasteiger partial charge in [0.05, 0.1) is 27.8 Å². The van der Waals surface area contributed by atoms with Crippen LogP contribution >= 0.6 is 23.2 Å². The van der Waals surface area contributed by atoms with Crippen LogP contribution in [-0.2, 0) is 11.2 Å². The van der Waals surface area contributed by atoms with Gasteiger partial charge in [-0.2, -0.15) is 0 Å². The van der Waals surface area contributed by atoms with Gasteiger partial charge in [0.15, 0.2) is 11.5 Å². The standard InChI is InChI=1S/C12H12Cl2O5/c1-17-8-4-7(12(14)16)6(5-9(13)15)10(18-2)11(8)19-3/h4H,5H2,1-3H3. The Kier molecular flexibility index (Phi) is 5.44. The van der Waals surface area contributed by atoms with E-state index in [1.165, 1.54) is 27.4 Å². The molecule has 0 aliphatic rings. The van der Waals surface area contributed by atoms with Crippen molar-refractivity contribution in [2.75, 3.05) is 21.3 Å². The molecule has 0 aliphatic carbocycles. The second kappa shape index (κ2) is 6.63. The second-order valence-electron chi connectivity index (χ2n) is 3.48. The Balaban J connectivity index is 3.63. The molecule has 0 bridgehead atoms. The third-order valence-corrected chi connectivity index (χ3v) is 2.80. The van der Waals surface area contributed by atoms with Gasteiger partial charge in [0.2, 0.25) is 11.0 Å². The lowest BCUT2D eigenvalue weighted by atomic mass is 10.0. The molecule has 0 aliphatic heterocycles. The molecule has 0 saturated carbocycles. The molecule has 5 nitrogen and oxygen atoms in total. The molecule has 0 atom stereocenters. The molecular formula is C12H12Cl2O5. The van der Waals surface area contributed by atoms with Crippen LogP contribution in [0.25, 0.3) is 0 Å². The summed E-state index contributed by atoms with van der Waals surface area (Å²) in [5.74, 6) is 0.730. The molecule has 19 heavy (non-hydrogen) atoms. The highest BCUT2D eigenvalue weighted by Crippen LogP contribution is 2.42. The summed E-state index contributed by atoms with van der Waals surface area (Å²) in [4.78, 5) is 22.5. The quantitative estimate of drug-likeness (QED) is 0.755. The number of hydrogen-bond acceptors (Lipinski definition) is 5. The Morgan fingerprint density at radius 2 is 1.63 bits per heavy atom. The van der Waals surface area contributed by atoms with E-state index in [0.29, 0.717) is 0 Å². The minimum absolute atomic E-state index is 0.0881. The van der Waals surface area contributed by atoms with Crippen molar-refractivity contribution in [3.63, 3.8) is 0 Å². The SMILES string of the molecule is COc1cc(C(=O)Cl)c(CC(=O)Cl)c(OC)c1OC. The summed E-state index contributed by atoms with van der Waals surface area (Å²) in [5, 5.41) is -1.39. The molecule has 7 heteroatoms. The maximum Gasteiger partial charge on any atom is 0.252 e. The smallest absolute Gasteiger partial charge is 0.252 e. The van der Waals surface area contributed by atoms with Crippen molar-refractivity contribution in [1.29, 1.82) is 0 Å². The summed E-state index contributed by atoms with van der Waals surface area (Å²) in [6, 6.07) is 1.38. The Hall–Kier alpha value is -1.46. The Labute approximate surface area is 120 Å². The maximum atomic E-state index is 11.4. The van der Waals surface area contributed by atoms with E-state index in [0.717, 1.165) is 0 Å². The van der Waals surface area contributed by atoms with Crippen molar-refractivity contribution in [3.05, 3.63) is 17.2 Å². The van der Waals surface area contributed by atoms with E-state index in [1.807, 2.05) is 0 Å². The zero-order valence-electron chi connectivity index (χ0n) is 10.6. The summed E-state index contributed by atoms with van der Waals surface area (Å²) in [5.41, 5.74) is 0.352. The zero-order chi connectivity index (χ0) is 14.6. The number of hydrogen-bond donors (Lipinski definition) is 0. The van der Waals surface area contributed by atoms with Crippen LogP contribution in [0.1, 0.15) is 15.9 Å². The topological polar surface area (TPSA) is 61.8 Å². The van der Waals surface area contributed by atoms with Crippen molar-refractivity contribution in [2.24, 2.45) is 0 Å². The van der Waals surface area contributed by atoms with Crippen molar-refractivity contribution < 1.29 is 23.8 Å². The molecule has 0 heterocycles. The minimum atomic E-state index is -0.743. The predicted molar refractivity (Wildman–Crippen MR) is 70.8 cm³/mol. The van der Waals surface area contributed by atoms with Gasteiger partial charge in [0.25, 0.3) is 5.24 Å². The van der Waals surface area contributed by atoms with Crippen molar-refractivity contribution in [3.8, 4) is 17.2 Å². The highest BCUT2D eigenvalue weighted by molar-refractivity contribution is 6.68. The van der Waals surface area contributed by atoms with Gasteiger partial charge >= 0.3 is 0 Å². The molecule has 1 rings (SSSR count). The van der Waals surface area contributed by atoms with E-state index in [2.05, 4.69) is 0 Å². The predicted octanol–water partition coefficient (Wildman–Crippen LogP) is 2.40. The van der Waals surface area contributed by atoms with E-state index in [4.69, 9.17) is 37.4 Å². The molecule has 0 radical (unpaired) electrons. The summed E-state index contributed by atoms with van der Waals surface area (Å²) in [6.45, 7) is 0. The minimum Gasteiger partial charge on any atom is -0.493 e. The van der Waals surface area contributed by atoms with Gasteiger partial charge < -0.3 is 14.2 Å². The summed E-state index contributed by atoms with van der Waals surface area (Å²) in [6.07, 6.45) is -0.209. The first-order chi connectivity index (χ1) is 8.96. The molecule has 1 aromatic carbocycles. The molecule has 0 spiro atoms. The van der Waals surface area contributed by atoms with Gasteiger partial charge in [-0.15, -0.1) is 0 Å². The molecule has 0 unspecified atom stereocenters. The first-order valence-electron chi connectivity index (χ1n) is 5.16. The van der Waals surface area contributed by atoms with Gasteiger partial charge in [-0.3, -0.25) is 9.59 Å². The Morgan fingerprint density at radius 3 is 2.00 bits per heavy atom. The molecule has 0 aromatic heterocycles. The largest absolute Gasteiger partial charge is 0.493 e. The summed E-state index contributed by atoms with van der Waals surface area (Å²) >= 11 is 10.9. The number of ether oxygens (including phenoxy) is 3. The van der Waals surface area contributed by atoms with Crippen LogP contribution in [0.2, 0.25) is 0 Å². The average Bonchev–Trinajstić information content (AvgIpc) is 2.36. The highest BCUT2D eigenvalue weighted by Gasteiger charge is 2.24. The van der Waals surface area contributed by atoms with Crippen LogP contribution in [0.5, 0.6) is 17.2 Å². The Morgan fingerprint density at radius 1 is 1.05 bits per heavy atom. The van der Waals surface area contributed by atoms with E-state index in [-0.39, 0.29) is 34.8 Å². The lowest BCUT2D eigenvalue weighted by Crippen LogP contribution is -2.07. The van der Waals surface area contributed by atoms with Crippen molar-refractivity contribution >= 4 is 33.7 Å². The van der Waals surface area contributed by atoms with Crippen molar-refractivity contribution in [2.45, 2.75) is 6.42 Å². The molecule has 0 amide bonds. The lowest BCUT2D eigenvalue weighted by molar-refractivity contribution is -0.111. The second-order valence-corrected chi connectivity index (χ2v) is 4.24. The molecular weight excluding hydrogens is 295 g/mol. The number of carbonyl (C=O) groups excluding carboxylic acids is 2. The summed E-state index contributed by atoms with van der Waals surface area (Å²) in [7, 11) is 4.20. The fraction of sp³-hybridized carbons (Fsp3) is 0.333. The lowest BCUT2D eigenvalue weighted by Gasteiger charge is -2.17. The molecule has 0 fully saturated rings. The van der Waals surface area contributed by atoms with Gasteiger partial charge in [0, 0.05) is 11.1 Å². The highest BCUT2D eigenvalue weighted by atomic mass is 35.5. The molecule has 104 valence electrons. The maximum absolute atomic E-state index is 11.4. The molecule has 0 saturated heterocycles. The van der Waals surface area contributed by atoms with Crippen molar-refractivity contribution in [1.82, 2.24) is 0 Å². The van der Waals surface area contributed by atoms with E-state index in [9.17, 15) is 9.59 Å². The van der Waals surface area contributed by atoms with E-state index >= 15 is 0 Å². The van der Waals surface area contributed by atoms with Gasteiger partial charge in [-0.05, 0) is 29.3 Å². The average molecular weight is 307 g/mol. The first kappa shape index (κ1) is 15.6. The number of carbonyl (C=O) groups is 2. The van der Waals surface area contributed by atoms with Gasteiger partial charge in [-0.1, -0.05) is 0 Å². The monoisotopic (exact) mass is 306 g/mol. The number of benzene rings is 1. The number of rotatable bonds is 6. The summed E-state index contributed by atoms with van der Waals surface area (Å²) < 4.78 is 15.4. The number of methoxy groups -OCH3 is 3. The molecule has 0 N–H and O–H groups in total. The van der Waals surface area contributed by atoms with E-state index in [1.54, 1.807) is 0 Å². The fourth-order valence-corrected chi connectivity index (χ4v) is 2.01. The van der Waals surface area contributed by atoms with Crippen LogP contribution in [0.3, 0.4) is 0 Å². The van der Waals surface area contributed by atoms with Crippen LogP contribution in [0, 0.1) is 0 Å². The number of halogens is 2. The third kappa shape index (κ3) is 3.30.